The van der Waals surface area contributed by atoms with Gasteiger partial charge in [-0.3, -0.25) is 4.79 Å². The van der Waals surface area contributed by atoms with E-state index in [-0.39, 0.29) is 11.9 Å². The van der Waals surface area contributed by atoms with Crippen LogP contribution in [0.2, 0.25) is 0 Å². The minimum absolute atomic E-state index is 0.109. The number of hydrogen-bond donors (Lipinski definition) is 2. The van der Waals surface area contributed by atoms with Gasteiger partial charge in [0.15, 0.2) is 0 Å². The van der Waals surface area contributed by atoms with E-state index in [9.17, 15) is 4.79 Å². The predicted octanol–water partition coefficient (Wildman–Crippen LogP) is 0.215. The van der Waals surface area contributed by atoms with E-state index in [2.05, 4.69) is 10.6 Å². The SMILES string of the molecule is COc1ccccc1CN(C)C(=O)C1CNCCN1. The van der Waals surface area contributed by atoms with E-state index in [0.717, 1.165) is 24.4 Å². The molecular formula is C14H21N3O2. The minimum Gasteiger partial charge on any atom is -0.496 e. The van der Waals surface area contributed by atoms with Crippen molar-refractivity contribution >= 4 is 5.91 Å². The van der Waals surface area contributed by atoms with E-state index in [0.29, 0.717) is 13.1 Å². The maximum Gasteiger partial charge on any atom is 0.241 e. The molecule has 1 atom stereocenters. The molecule has 0 aromatic heterocycles. The van der Waals surface area contributed by atoms with Gasteiger partial charge in [0, 0.05) is 38.8 Å². The molecule has 2 N–H and O–H groups in total. The maximum atomic E-state index is 12.3. The first-order valence-electron chi connectivity index (χ1n) is 6.53. The van der Waals surface area contributed by atoms with E-state index in [1.54, 1.807) is 12.0 Å². The molecule has 104 valence electrons. The molecule has 0 radical (unpaired) electrons. The van der Waals surface area contributed by atoms with Crippen LogP contribution in [-0.4, -0.2) is 50.6 Å². The number of methoxy groups -OCH3 is 1. The molecular weight excluding hydrogens is 242 g/mol. The Bertz CT molecular complexity index is 430. The molecule has 1 aliphatic heterocycles. The lowest BCUT2D eigenvalue weighted by Gasteiger charge is -2.28. The fraction of sp³-hybridized carbons (Fsp3) is 0.500. The van der Waals surface area contributed by atoms with E-state index in [1.807, 2.05) is 31.3 Å². The zero-order chi connectivity index (χ0) is 13.7. The Balaban J connectivity index is 1.99. The van der Waals surface area contributed by atoms with Crippen molar-refractivity contribution in [2.24, 2.45) is 0 Å². The number of hydrogen-bond acceptors (Lipinski definition) is 4. The first-order chi connectivity index (χ1) is 9.22. The van der Waals surface area contributed by atoms with Gasteiger partial charge in [-0.2, -0.15) is 0 Å². The maximum absolute atomic E-state index is 12.3. The summed E-state index contributed by atoms with van der Waals surface area (Å²) in [5.41, 5.74) is 1.02. The highest BCUT2D eigenvalue weighted by Crippen LogP contribution is 2.18. The van der Waals surface area contributed by atoms with Crippen molar-refractivity contribution in [2.75, 3.05) is 33.8 Å². The van der Waals surface area contributed by atoms with Gasteiger partial charge in [0.25, 0.3) is 0 Å². The largest absolute Gasteiger partial charge is 0.496 e. The number of carbonyl (C=O) groups is 1. The molecule has 1 unspecified atom stereocenters. The number of para-hydroxylation sites is 1. The van der Waals surface area contributed by atoms with Gasteiger partial charge in [0.1, 0.15) is 5.75 Å². The molecule has 1 heterocycles. The molecule has 1 aromatic rings. The summed E-state index contributed by atoms with van der Waals surface area (Å²) in [6.45, 7) is 3.00. The lowest BCUT2D eigenvalue weighted by Crippen LogP contribution is -2.55. The summed E-state index contributed by atoms with van der Waals surface area (Å²) in [5.74, 6) is 0.926. The molecule has 0 spiro atoms. The highest BCUT2D eigenvalue weighted by atomic mass is 16.5. The van der Waals surface area contributed by atoms with Crippen molar-refractivity contribution in [3.8, 4) is 5.75 Å². The number of ether oxygens (including phenoxy) is 1. The van der Waals surface area contributed by atoms with Crippen LogP contribution in [0.1, 0.15) is 5.56 Å². The fourth-order valence-corrected chi connectivity index (χ4v) is 2.26. The van der Waals surface area contributed by atoms with Crippen LogP contribution in [0, 0.1) is 0 Å². The first kappa shape index (κ1) is 13.8. The molecule has 1 fully saturated rings. The zero-order valence-electron chi connectivity index (χ0n) is 11.5. The van der Waals surface area contributed by atoms with E-state index < -0.39 is 0 Å². The second kappa shape index (κ2) is 6.54. The Morgan fingerprint density at radius 1 is 1.42 bits per heavy atom. The number of piperazine rings is 1. The number of amides is 1. The third kappa shape index (κ3) is 3.45. The molecule has 1 amide bonds. The van der Waals surface area contributed by atoms with Gasteiger partial charge >= 0.3 is 0 Å². The van der Waals surface area contributed by atoms with Crippen molar-refractivity contribution < 1.29 is 9.53 Å². The molecule has 0 saturated carbocycles. The summed E-state index contributed by atoms with van der Waals surface area (Å²) in [4.78, 5) is 14.0. The van der Waals surface area contributed by atoms with Crippen molar-refractivity contribution in [3.05, 3.63) is 29.8 Å². The van der Waals surface area contributed by atoms with E-state index >= 15 is 0 Å². The highest BCUT2D eigenvalue weighted by molar-refractivity contribution is 5.82. The van der Waals surface area contributed by atoms with E-state index in [1.165, 1.54) is 0 Å². The summed E-state index contributed by atoms with van der Waals surface area (Å²) in [5, 5.41) is 6.45. The Morgan fingerprint density at radius 3 is 2.89 bits per heavy atom. The van der Waals surface area contributed by atoms with E-state index in [4.69, 9.17) is 4.74 Å². The average molecular weight is 263 g/mol. The van der Waals surface area contributed by atoms with Gasteiger partial charge in [-0.1, -0.05) is 18.2 Å². The van der Waals surface area contributed by atoms with Gasteiger partial charge < -0.3 is 20.3 Å². The van der Waals surface area contributed by atoms with Crippen molar-refractivity contribution in [1.82, 2.24) is 15.5 Å². The van der Waals surface area contributed by atoms with Crippen LogP contribution in [0.25, 0.3) is 0 Å². The second-order valence-corrected chi connectivity index (χ2v) is 4.72. The van der Waals surface area contributed by atoms with Gasteiger partial charge in [0.2, 0.25) is 5.91 Å². The number of benzene rings is 1. The van der Waals surface area contributed by atoms with Gasteiger partial charge in [0.05, 0.1) is 13.2 Å². The van der Waals surface area contributed by atoms with Crippen LogP contribution in [0.4, 0.5) is 0 Å². The average Bonchev–Trinajstić information content (AvgIpc) is 2.48. The normalized spacial score (nSPS) is 18.9. The summed E-state index contributed by atoms with van der Waals surface area (Å²) < 4.78 is 5.31. The minimum atomic E-state index is -0.131. The Morgan fingerprint density at radius 2 is 2.21 bits per heavy atom. The number of nitrogens with zero attached hydrogens (tertiary/aromatic N) is 1. The molecule has 0 aliphatic carbocycles. The lowest BCUT2D eigenvalue weighted by molar-refractivity contribution is -0.132. The number of rotatable bonds is 4. The van der Waals surface area contributed by atoms with Gasteiger partial charge in [-0.25, -0.2) is 0 Å². The molecule has 19 heavy (non-hydrogen) atoms. The molecule has 0 bridgehead atoms. The first-order valence-corrected chi connectivity index (χ1v) is 6.53. The van der Waals surface area contributed by atoms with Crippen LogP contribution in [0.3, 0.4) is 0 Å². The second-order valence-electron chi connectivity index (χ2n) is 4.72. The van der Waals surface area contributed by atoms with Gasteiger partial charge in [-0.05, 0) is 6.07 Å². The van der Waals surface area contributed by atoms with Gasteiger partial charge in [-0.15, -0.1) is 0 Å². The third-order valence-electron chi connectivity index (χ3n) is 3.32. The quantitative estimate of drug-likeness (QED) is 0.816. The Labute approximate surface area is 113 Å². The third-order valence-corrected chi connectivity index (χ3v) is 3.32. The van der Waals surface area contributed by atoms with Crippen LogP contribution in [0.5, 0.6) is 5.75 Å². The van der Waals surface area contributed by atoms with Crippen molar-refractivity contribution in [1.29, 1.82) is 0 Å². The smallest absolute Gasteiger partial charge is 0.241 e. The molecule has 1 aromatic carbocycles. The number of carbonyl (C=O) groups excluding carboxylic acids is 1. The predicted molar refractivity (Wildman–Crippen MR) is 74.1 cm³/mol. The topological polar surface area (TPSA) is 53.6 Å². The van der Waals surface area contributed by atoms with Crippen LogP contribution >= 0.6 is 0 Å². The molecule has 5 heteroatoms. The Kier molecular flexibility index (Phi) is 4.76. The standard InChI is InChI=1S/C14H21N3O2/c1-17(14(18)12-9-15-7-8-16-12)10-11-5-3-4-6-13(11)19-2/h3-6,12,15-16H,7-10H2,1-2H3. The summed E-state index contributed by atoms with van der Waals surface area (Å²) in [6, 6.07) is 7.64. The van der Waals surface area contributed by atoms with Crippen LogP contribution in [-0.2, 0) is 11.3 Å². The van der Waals surface area contributed by atoms with Crippen molar-refractivity contribution in [3.63, 3.8) is 0 Å². The molecule has 5 nitrogen and oxygen atoms in total. The summed E-state index contributed by atoms with van der Waals surface area (Å²) >= 11 is 0. The van der Waals surface area contributed by atoms with Crippen LogP contribution < -0.4 is 15.4 Å². The van der Waals surface area contributed by atoms with Crippen molar-refractivity contribution in [2.45, 2.75) is 12.6 Å². The summed E-state index contributed by atoms with van der Waals surface area (Å²) in [6.07, 6.45) is 0. The zero-order valence-corrected chi connectivity index (χ0v) is 11.5. The highest BCUT2D eigenvalue weighted by Gasteiger charge is 2.23. The van der Waals surface area contributed by atoms with Crippen LogP contribution in [0.15, 0.2) is 24.3 Å². The number of nitrogens with one attached hydrogen (secondary N) is 2. The molecule has 2 rings (SSSR count). The fourth-order valence-electron chi connectivity index (χ4n) is 2.26. The summed E-state index contributed by atoms with van der Waals surface area (Å²) in [7, 11) is 3.47. The molecule has 1 aliphatic rings. The lowest BCUT2D eigenvalue weighted by atomic mass is 10.1. The number of likely N-dealkylation sites (N-methyl/N-ethyl adjacent to an activating group) is 1. The monoisotopic (exact) mass is 263 g/mol. The Hall–Kier alpha value is -1.59. The molecule has 1 saturated heterocycles.